The second-order valence-electron chi connectivity index (χ2n) is 7.96. The van der Waals surface area contributed by atoms with Crippen LogP contribution in [0.25, 0.3) is 10.9 Å². The number of aryl methyl sites for hydroxylation is 1. The Morgan fingerprint density at radius 1 is 1.07 bits per heavy atom. The third-order valence-electron chi connectivity index (χ3n) is 6.12. The summed E-state index contributed by atoms with van der Waals surface area (Å²) in [7, 11) is 0. The molecule has 1 aromatic heterocycles. The van der Waals surface area contributed by atoms with Crippen molar-refractivity contribution in [2.24, 2.45) is 4.99 Å². The number of hydrogen-bond acceptors (Lipinski definition) is 4. The van der Waals surface area contributed by atoms with Gasteiger partial charge in [-0.05, 0) is 37.0 Å². The minimum atomic E-state index is -0.722. The third kappa shape index (κ3) is 3.09. The monoisotopic (exact) mass is 384 g/mol. The molecule has 29 heavy (non-hydrogen) atoms. The quantitative estimate of drug-likeness (QED) is 0.693. The average molecular weight is 384 g/mol. The summed E-state index contributed by atoms with van der Waals surface area (Å²) in [6.45, 7) is 0. The Morgan fingerprint density at radius 2 is 1.86 bits per heavy atom. The zero-order valence-electron chi connectivity index (χ0n) is 16.2. The first-order chi connectivity index (χ1) is 14.2. The number of benzene rings is 2. The number of hydrogen-bond donors (Lipinski definition) is 2. The van der Waals surface area contributed by atoms with Crippen LogP contribution in [0, 0.1) is 0 Å². The summed E-state index contributed by atoms with van der Waals surface area (Å²) in [4.78, 5) is 9.73. The van der Waals surface area contributed by atoms with Crippen LogP contribution < -0.4 is 0 Å². The van der Waals surface area contributed by atoms with Gasteiger partial charge >= 0.3 is 0 Å². The Kier molecular flexibility index (Phi) is 4.53. The molecule has 0 saturated carbocycles. The molecule has 146 valence electrons. The van der Waals surface area contributed by atoms with Gasteiger partial charge < -0.3 is 10.2 Å². The number of pyridine rings is 1. The second kappa shape index (κ2) is 7.21. The molecule has 5 rings (SSSR count). The lowest BCUT2D eigenvalue weighted by Gasteiger charge is -2.34. The first kappa shape index (κ1) is 18.2. The standard InChI is InChI=1S/C25H24N2O2/c28-21-13-6-12-20-23(21)24(18-10-4-5-11-19(18)27-20)25(14-7-15-26-25)16-22(29)17-8-2-1-3-9-17/h1-5,7-11,14-15,21-22,28-29H,6,12-13,16H2. The lowest BCUT2D eigenvalue weighted by atomic mass is 9.76. The second-order valence-corrected chi connectivity index (χ2v) is 7.96. The van der Waals surface area contributed by atoms with Gasteiger partial charge in [-0.1, -0.05) is 54.6 Å². The van der Waals surface area contributed by atoms with Gasteiger partial charge in [-0.2, -0.15) is 0 Å². The molecule has 1 aliphatic heterocycles. The van der Waals surface area contributed by atoms with Gasteiger partial charge in [0.25, 0.3) is 0 Å². The SMILES string of the molecule is OC(CC1(c2c3c(nc4ccccc24)CCCC3O)C=CC=N1)c1ccccc1. The zero-order chi connectivity index (χ0) is 19.8. The van der Waals surface area contributed by atoms with Gasteiger partial charge in [0.2, 0.25) is 0 Å². The molecule has 2 heterocycles. The van der Waals surface area contributed by atoms with Gasteiger partial charge in [0, 0.05) is 34.8 Å². The van der Waals surface area contributed by atoms with Crippen LogP contribution in [0.4, 0.5) is 0 Å². The van der Waals surface area contributed by atoms with Crippen LogP contribution in [0.3, 0.4) is 0 Å². The van der Waals surface area contributed by atoms with Crippen LogP contribution in [0.1, 0.15) is 53.9 Å². The molecule has 3 atom stereocenters. The van der Waals surface area contributed by atoms with E-state index in [0.29, 0.717) is 6.42 Å². The molecular formula is C25H24N2O2. The van der Waals surface area contributed by atoms with Crippen molar-refractivity contribution < 1.29 is 10.2 Å². The van der Waals surface area contributed by atoms with Crippen LogP contribution in [-0.4, -0.2) is 21.4 Å². The minimum Gasteiger partial charge on any atom is -0.388 e. The molecule has 0 bridgehead atoms. The van der Waals surface area contributed by atoms with Crippen molar-refractivity contribution in [3.63, 3.8) is 0 Å². The van der Waals surface area contributed by atoms with Crippen molar-refractivity contribution in [3.05, 3.63) is 89.1 Å². The van der Waals surface area contributed by atoms with Crippen molar-refractivity contribution in [3.8, 4) is 0 Å². The van der Waals surface area contributed by atoms with Gasteiger partial charge in [0.15, 0.2) is 0 Å². The van der Waals surface area contributed by atoms with Crippen molar-refractivity contribution in [2.45, 2.75) is 43.4 Å². The van der Waals surface area contributed by atoms with E-state index in [4.69, 9.17) is 9.98 Å². The highest BCUT2D eigenvalue weighted by Gasteiger charge is 2.40. The van der Waals surface area contributed by atoms with Crippen molar-refractivity contribution in [2.75, 3.05) is 0 Å². The highest BCUT2D eigenvalue weighted by Crippen LogP contribution is 2.47. The van der Waals surface area contributed by atoms with Crippen molar-refractivity contribution >= 4 is 17.1 Å². The van der Waals surface area contributed by atoms with Gasteiger partial charge in [-0.15, -0.1) is 0 Å². The summed E-state index contributed by atoms with van der Waals surface area (Å²) in [5.74, 6) is 0. The first-order valence-electron chi connectivity index (χ1n) is 10.2. The fraction of sp³-hybridized carbons (Fsp3) is 0.280. The molecule has 0 saturated heterocycles. The summed E-state index contributed by atoms with van der Waals surface area (Å²) in [6, 6.07) is 17.8. The van der Waals surface area contributed by atoms with E-state index in [1.807, 2.05) is 54.6 Å². The number of fused-ring (bicyclic) bond motifs is 2. The summed E-state index contributed by atoms with van der Waals surface area (Å²) in [5.41, 5.74) is 3.92. The molecule has 0 spiro atoms. The maximum atomic E-state index is 11.1. The smallest absolute Gasteiger partial charge is 0.108 e. The first-order valence-corrected chi connectivity index (χ1v) is 10.2. The number of para-hydroxylation sites is 1. The Hall–Kier alpha value is -2.82. The van der Waals surface area contributed by atoms with E-state index in [1.165, 1.54) is 0 Å². The largest absolute Gasteiger partial charge is 0.388 e. The van der Waals surface area contributed by atoms with Crippen LogP contribution >= 0.6 is 0 Å². The van der Waals surface area contributed by atoms with Crippen LogP contribution in [0.5, 0.6) is 0 Å². The van der Waals surface area contributed by atoms with Crippen LogP contribution in [0.15, 0.2) is 71.7 Å². The molecule has 2 aromatic carbocycles. The highest BCUT2D eigenvalue weighted by molar-refractivity contribution is 5.87. The van der Waals surface area contributed by atoms with E-state index in [2.05, 4.69) is 12.1 Å². The molecular weight excluding hydrogens is 360 g/mol. The van der Waals surface area contributed by atoms with Crippen molar-refractivity contribution in [1.82, 2.24) is 4.98 Å². The summed E-state index contributed by atoms with van der Waals surface area (Å²) < 4.78 is 0. The summed E-state index contributed by atoms with van der Waals surface area (Å²) in [6.07, 6.45) is 7.50. The predicted molar refractivity (Wildman–Crippen MR) is 115 cm³/mol. The van der Waals surface area contributed by atoms with E-state index in [9.17, 15) is 10.2 Å². The predicted octanol–water partition coefficient (Wildman–Crippen LogP) is 4.56. The maximum Gasteiger partial charge on any atom is 0.108 e. The van der Waals surface area contributed by atoms with Gasteiger partial charge in [-0.3, -0.25) is 9.98 Å². The van der Waals surface area contributed by atoms with E-state index < -0.39 is 17.7 Å². The topological polar surface area (TPSA) is 65.7 Å². The average Bonchev–Trinajstić information content (AvgIpc) is 3.22. The molecule has 2 N–H and O–H groups in total. The number of aromatic nitrogens is 1. The minimum absolute atomic E-state index is 0.414. The third-order valence-corrected chi connectivity index (χ3v) is 6.12. The number of aliphatic hydroxyl groups excluding tert-OH is 2. The van der Waals surface area contributed by atoms with Crippen LogP contribution in [0.2, 0.25) is 0 Å². The fourth-order valence-electron chi connectivity index (χ4n) is 4.78. The maximum absolute atomic E-state index is 11.1. The molecule has 4 nitrogen and oxygen atoms in total. The number of aliphatic imine (C=N–C) groups is 1. The number of nitrogens with zero attached hydrogens (tertiary/aromatic N) is 2. The summed E-state index contributed by atoms with van der Waals surface area (Å²) >= 11 is 0. The van der Waals surface area contributed by atoms with Gasteiger partial charge in [0.1, 0.15) is 5.54 Å². The highest BCUT2D eigenvalue weighted by atomic mass is 16.3. The van der Waals surface area contributed by atoms with E-state index in [-0.39, 0.29) is 0 Å². The number of allylic oxidation sites excluding steroid dienone is 1. The lowest BCUT2D eigenvalue weighted by molar-refractivity contribution is 0.138. The molecule has 0 fully saturated rings. The normalized spacial score (nSPS) is 24.0. The molecule has 3 aromatic rings. The van der Waals surface area contributed by atoms with Crippen LogP contribution in [-0.2, 0) is 12.0 Å². The zero-order valence-corrected chi connectivity index (χ0v) is 16.2. The molecule has 0 amide bonds. The van der Waals surface area contributed by atoms with Gasteiger partial charge in [-0.25, -0.2) is 0 Å². The molecule has 1 aliphatic carbocycles. The van der Waals surface area contributed by atoms with Gasteiger partial charge in [0.05, 0.1) is 17.7 Å². The van der Waals surface area contributed by atoms with E-state index in [0.717, 1.165) is 52.5 Å². The summed E-state index contributed by atoms with van der Waals surface area (Å²) in [5, 5.41) is 23.0. The van der Waals surface area contributed by atoms with Crippen molar-refractivity contribution in [1.29, 1.82) is 0 Å². The van der Waals surface area contributed by atoms with E-state index in [1.54, 1.807) is 6.21 Å². The molecule has 0 radical (unpaired) electrons. The molecule has 3 unspecified atom stereocenters. The number of aliphatic hydroxyl groups is 2. The molecule has 2 aliphatic rings. The Labute approximate surface area is 170 Å². The fourth-order valence-corrected chi connectivity index (χ4v) is 4.78. The number of rotatable bonds is 4. The Morgan fingerprint density at radius 3 is 2.66 bits per heavy atom. The molecule has 4 heteroatoms. The Bertz CT molecular complexity index is 1090. The lowest BCUT2D eigenvalue weighted by Crippen LogP contribution is -2.28. The van der Waals surface area contributed by atoms with E-state index >= 15 is 0 Å². The Balaban J connectivity index is 1.72.